The van der Waals surface area contributed by atoms with Crippen molar-refractivity contribution in [2.24, 2.45) is 0 Å². The quantitative estimate of drug-likeness (QED) is 0.602. The summed E-state index contributed by atoms with van der Waals surface area (Å²) in [4.78, 5) is 15.9. The Labute approximate surface area is 148 Å². The SMILES string of the molecule is Cc1nn(-c2ccccc2)c2nc(C(=O)O)cc(-c3ccc(F)cc3)c12. The fourth-order valence-corrected chi connectivity index (χ4v) is 3.00. The number of carboxylic acid groups (broad SMARTS) is 1. The molecule has 2 heterocycles. The van der Waals surface area contributed by atoms with Crippen molar-refractivity contribution in [2.75, 3.05) is 0 Å². The average molecular weight is 347 g/mol. The lowest BCUT2D eigenvalue weighted by molar-refractivity contribution is 0.0691. The molecule has 0 aliphatic carbocycles. The predicted octanol–water partition coefficient (Wildman–Crippen LogP) is 4.23. The summed E-state index contributed by atoms with van der Waals surface area (Å²) in [6, 6.07) is 16.8. The average Bonchev–Trinajstić information content (AvgIpc) is 2.99. The number of halogens is 1. The Hall–Kier alpha value is -3.54. The van der Waals surface area contributed by atoms with Crippen molar-refractivity contribution in [3.63, 3.8) is 0 Å². The largest absolute Gasteiger partial charge is 0.477 e. The number of fused-ring (bicyclic) bond motifs is 1. The van der Waals surface area contributed by atoms with Gasteiger partial charge in [0.25, 0.3) is 0 Å². The maximum absolute atomic E-state index is 13.3. The molecule has 26 heavy (non-hydrogen) atoms. The summed E-state index contributed by atoms with van der Waals surface area (Å²) in [6.45, 7) is 1.84. The zero-order chi connectivity index (χ0) is 18.3. The van der Waals surface area contributed by atoms with Crippen LogP contribution in [0.3, 0.4) is 0 Å². The van der Waals surface area contributed by atoms with Crippen molar-refractivity contribution in [3.8, 4) is 16.8 Å². The van der Waals surface area contributed by atoms with Crippen LogP contribution in [0.1, 0.15) is 16.2 Å². The Balaban J connectivity index is 2.07. The first-order chi connectivity index (χ1) is 12.5. The molecule has 2 aromatic heterocycles. The molecule has 2 aromatic carbocycles. The van der Waals surface area contributed by atoms with Crippen LogP contribution in [-0.4, -0.2) is 25.8 Å². The molecule has 0 aliphatic heterocycles. The Morgan fingerprint density at radius 1 is 1.08 bits per heavy atom. The summed E-state index contributed by atoms with van der Waals surface area (Å²) in [7, 11) is 0. The number of para-hydroxylation sites is 1. The second kappa shape index (κ2) is 6.07. The minimum Gasteiger partial charge on any atom is -0.477 e. The number of pyridine rings is 1. The maximum Gasteiger partial charge on any atom is 0.354 e. The lowest BCUT2D eigenvalue weighted by Crippen LogP contribution is -2.04. The van der Waals surface area contributed by atoms with Crippen LogP contribution in [0.5, 0.6) is 0 Å². The number of carboxylic acids is 1. The van der Waals surface area contributed by atoms with E-state index in [1.807, 2.05) is 37.3 Å². The van der Waals surface area contributed by atoms with Crippen LogP contribution >= 0.6 is 0 Å². The van der Waals surface area contributed by atoms with Crippen LogP contribution in [0.4, 0.5) is 4.39 Å². The van der Waals surface area contributed by atoms with Gasteiger partial charge in [-0.25, -0.2) is 18.9 Å². The Morgan fingerprint density at radius 2 is 1.77 bits per heavy atom. The molecule has 128 valence electrons. The monoisotopic (exact) mass is 347 g/mol. The summed E-state index contributed by atoms with van der Waals surface area (Å²) in [6.07, 6.45) is 0. The highest BCUT2D eigenvalue weighted by Crippen LogP contribution is 2.32. The van der Waals surface area contributed by atoms with Gasteiger partial charge >= 0.3 is 5.97 Å². The number of carbonyl (C=O) groups is 1. The van der Waals surface area contributed by atoms with Gasteiger partial charge in [-0.1, -0.05) is 30.3 Å². The standard InChI is InChI=1S/C20H14FN3O2/c1-12-18-16(13-7-9-14(21)10-8-13)11-17(20(25)26)22-19(18)24(23-12)15-5-3-2-4-6-15/h2-11H,1H3,(H,25,26). The molecule has 0 amide bonds. The van der Waals surface area contributed by atoms with Crippen LogP contribution in [0.15, 0.2) is 60.7 Å². The minimum atomic E-state index is -1.13. The Kier molecular flexibility index (Phi) is 3.73. The molecule has 0 atom stereocenters. The molecular formula is C20H14FN3O2. The van der Waals surface area contributed by atoms with E-state index in [1.165, 1.54) is 18.2 Å². The van der Waals surface area contributed by atoms with Gasteiger partial charge in [0.2, 0.25) is 0 Å². The van der Waals surface area contributed by atoms with E-state index in [4.69, 9.17) is 0 Å². The second-order valence-corrected chi connectivity index (χ2v) is 5.90. The van der Waals surface area contributed by atoms with Crippen LogP contribution < -0.4 is 0 Å². The third kappa shape index (κ3) is 2.61. The first-order valence-electron chi connectivity index (χ1n) is 7.99. The zero-order valence-corrected chi connectivity index (χ0v) is 13.8. The molecule has 0 spiro atoms. The lowest BCUT2D eigenvalue weighted by Gasteiger charge is -2.07. The molecule has 0 radical (unpaired) electrons. The fourth-order valence-electron chi connectivity index (χ4n) is 3.00. The first-order valence-corrected chi connectivity index (χ1v) is 7.99. The van der Waals surface area contributed by atoms with E-state index >= 15 is 0 Å². The Bertz CT molecular complexity index is 1120. The van der Waals surface area contributed by atoms with E-state index in [0.29, 0.717) is 22.5 Å². The van der Waals surface area contributed by atoms with Crippen molar-refractivity contribution < 1.29 is 14.3 Å². The van der Waals surface area contributed by atoms with Crippen LogP contribution in [-0.2, 0) is 0 Å². The highest BCUT2D eigenvalue weighted by molar-refractivity contribution is 5.99. The third-order valence-electron chi connectivity index (χ3n) is 4.19. The zero-order valence-electron chi connectivity index (χ0n) is 13.8. The van der Waals surface area contributed by atoms with Crippen molar-refractivity contribution in [3.05, 3.63) is 77.9 Å². The van der Waals surface area contributed by atoms with Gasteiger partial charge in [-0.05, 0) is 48.4 Å². The van der Waals surface area contributed by atoms with E-state index in [0.717, 1.165) is 11.1 Å². The number of hydrogen-bond donors (Lipinski definition) is 1. The van der Waals surface area contributed by atoms with E-state index in [2.05, 4.69) is 10.1 Å². The van der Waals surface area contributed by atoms with Crippen LogP contribution in [0, 0.1) is 12.7 Å². The number of aromatic nitrogens is 3. The van der Waals surface area contributed by atoms with Gasteiger partial charge in [-0.2, -0.15) is 5.10 Å². The van der Waals surface area contributed by atoms with Gasteiger partial charge in [-0.3, -0.25) is 0 Å². The molecule has 0 fully saturated rings. The van der Waals surface area contributed by atoms with Gasteiger partial charge in [0.15, 0.2) is 11.3 Å². The molecule has 0 unspecified atom stereocenters. The van der Waals surface area contributed by atoms with Gasteiger partial charge in [0.05, 0.1) is 16.8 Å². The van der Waals surface area contributed by atoms with Gasteiger partial charge in [-0.15, -0.1) is 0 Å². The van der Waals surface area contributed by atoms with Crippen molar-refractivity contribution in [1.82, 2.24) is 14.8 Å². The molecule has 4 rings (SSSR count). The summed E-state index contributed by atoms with van der Waals surface area (Å²) >= 11 is 0. The number of aryl methyl sites for hydroxylation is 1. The normalized spacial score (nSPS) is 11.0. The molecule has 0 saturated carbocycles. The molecule has 6 heteroatoms. The number of nitrogens with zero attached hydrogens (tertiary/aromatic N) is 3. The lowest BCUT2D eigenvalue weighted by atomic mass is 10.0. The second-order valence-electron chi connectivity index (χ2n) is 5.90. The molecule has 1 N–H and O–H groups in total. The minimum absolute atomic E-state index is 0.0890. The number of aromatic carboxylic acids is 1. The van der Waals surface area contributed by atoms with Crippen LogP contribution in [0.25, 0.3) is 27.8 Å². The molecule has 5 nitrogen and oxygen atoms in total. The molecule has 0 bridgehead atoms. The molecule has 0 aliphatic rings. The fraction of sp³-hybridized carbons (Fsp3) is 0.0500. The number of rotatable bonds is 3. The predicted molar refractivity (Wildman–Crippen MR) is 96.0 cm³/mol. The summed E-state index contributed by atoms with van der Waals surface area (Å²) < 4.78 is 14.9. The third-order valence-corrected chi connectivity index (χ3v) is 4.19. The van der Waals surface area contributed by atoms with E-state index in [9.17, 15) is 14.3 Å². The van der Waals surface area contributed by atoms with Gasteiger partial charge < -0.3 is 5.11 Å². The van der Waals surface area contributed by atoms with Crippen molar-refractivity contribution in [1.29, 1.82) is 0 Å². The van der Waals surface area contributed by atoms with Gasteiger partial charge in [0, 0.05) is 0 Å². The number of hydrogen-bond acceptors (Lipinski definition) is 3. The highest BCUT2D eigenvalue weighted by atomic mass is 19.1. The topological polar surface area (TPSA) is 68.0 Å². The molecular weight excluding hydrogens is 333 g/mol. The molecule has 0 saturated heterocycles. The Morgan fingerprint density at radius 3 is 2.42 bits per heavy atom. The summed E-state index contributed by atoms with van der Waals surface area (Å²) in [5.74, 6) is -1.48. The molecule has 4 aromatic rings. The van der Waals surface area contributed by atoms with E-state index in [1.54, 1.807) is 16.8 Å². The maximum atomic E-state index is 13.3. The van der Waals surface area contributed by atoms with Gasteiger partial charge in [0.1, 0.15) is 5.82 Å². The van der Waals surface area contributed by atoms with E-state index in [-0.39, 0.29) is 11.5 Å². The van der Waals surface area contributed by atoms with Crippen molar-refractivity contribution in [2.45, 2.75) is 6.92 Å². The van der Waals surface area contributed by atoms with Crippen molar-refractivity contribution >= 4 is 17.0 Å². The summed E-state index contributed by atoms with van der Waals surface area (Å²) in [5, 5.41) is 14.8. The number of benzene rings is 2. The van der Waals surface area contributed by atoms with E-state index < -0.39 is 5.97 Å². The summed E-state index contributed by atoms with van der Waals surface area (Å²) in [5.41, 5.74) is 3.23. The smallest absolute Gasteiger partial charge is 0.354 e. The highest BCUT2D eigenvalue weighted by Gasteiger charge is 2.19. The first kappa shape index (κ1) is 16.0. The van der Waals surface area contributed by atoms with Crippen LogP contribution in [0.2, 0.25) is 0 Å².